The van der Waals surface area contributed by atoms with Crippen molar-refractivity contribution < 1.29 is 23.8 Å². The van der Waals surface area contributed by atoms with E-state index in [2.05, 4.69) is 37.8 Å². The van der Waals surface area contributed by atoms with Gasteiger partial charge in [-0.05, 0) is 70.9 Å². The van der Waals surface area contributed by atoms with Crippen LogP contribution in [0, 0.1) is 11.3 Å². The molecule has 0 radical (unpaired) electrons. The molecule has 190 valence electrons. The lowest BCUT2D eigenvalue weighted by atomic mass is 10.1. The monoisotopic (exact) mass is 564 g/mol. The number of hydrogen-bond acceptors (Lipinski definition) is 7. The molecule has 0 saturated carbocycles. The Hall–Kier alpha value is -4.36. The number of nitrogens with one attached hydrogen (secondary N) is 2. The Kier molecular flexibility index (Phi) is 10.0. The quantitative estimate of drug-likeness (QED) is 0.196. The lowest BCUT2D eigenvalue weighted by Gasteiger charge is -2.14. The van der Waals surface area contributed by atoms with Crippen molar-refractivity contribution in [2.75, 3.05) is 19.0 Å². The van der Waals surface area contributed by atoms with Crippen LogP contribution in [0.5, 0.6) is 17.2 Å². The van der Waals surface area contributed by atoms with Crippen LogP contribution in [0.1, 0.15) is 30.0 Å². The molecule has 0 aliphatic rings. The molecular weight excluding hydrogens is 540 g/mol. The van der Waals surface area contributed by atoms with E-state index in [4.69, 9.17) is 14.2 Å². The molecule has 0 fully saturated rings. The second-order valence-electron chi connectivity index (χ2n) is 7.57. The first-order valence-electron chi connectivity index (χ1n) is 11.3. The van der Waals surface area contributed by atoms with Crippen LogP contribution in [-0.2, 0) is 16.2 Å². The maximum atomic E-state index is 12.1. The van der Waals surface area contributed by atoms with Gasteiger partial charge in [0.15, 0.2) is 11.5 Å². The van der Waals surface area contributed by atoms with Crippen molar-refractivity contribution in [3.05, 3.63) is 81.8 Å². The van der Waals surface area contributed by atoms with E-state index in [-0.39, 0.29) is 6.61 Å². The molecule has 2 amide bonds. The van der Waals surface area contributed by atoms with E-state index in [9.17, 15) is 14.9 Å². The standard InChI is InChI=1S/C27H25BrN4O5/c1-3-36-22-10-8-21(9-11-22)31-25(33)14-26(34)32-30-16-18-12-23(28)27(24(13-18)35-2)37-17-20-7-5-4-6-19(20)15-29/h4-13,16H,3,14,17H2,1-2H3,(H,31,33)(H,32,34). The zero-order chi connectivity index (χ0) is 26.6. The summed E-state index contributed by atoms with van der Waals surface area (Å²) in [6.07, 6.45) is 1.03. The number of carbonyl (C=O) groups is 2. The second kappa shape index (κ2) is 13.7. The van der Waals surface area contributed by atoms with Crippen LogP contribution in [-0.4, -0.2) is 31.7 Å². The molecule has 0 saturated heterocycles. The van der Waals surface area contributed by atoms with E-state index in [1.807, 2.05) is 19.1 Å². The molecule has 9 nitrogen and oxygen atoms in total. The summed E-state index contributed by atoms with van der Waals surface area (Å²) in [5, 5.41) is 15.8. The molecule has 10 heteroatoms. The summed E-state index contributed by atoms with van der Waals surface area (Å²) in [5.41, 5.74) is 4.79. The van der Waals surface area contributed by atoms with Gasteiger partial charge in [-0.3, -0.25) is 9.59 Å². The fourth-order valence-corrected chi connectivity index (χ4v) is 3.80. The van der Waals surface area contributed by atoms with Gasteiger partial charge in [-0.1, -0.05) is 18.2 Å². The minimum absolute atomic E-state index is 0.181. The van der Waals surface area contributed by atoms with Gasteiger partial charge in [0.05, 0.1) is 36.0 Å². The molecule has 0 unspecified atom stereocenters. The van der Waals surface area contributed by atoms with Gasteiger partial charge in [-0.25, -0.2) is 5.43 Å². The maximum absolute atomic E-state index is 12.1. The molecule has 0 atom stereocenters. The Morgan fingerprint density at radius 2 is 1.84 bits per heavy atom. The molecule has 37 heavy (non-hydrogen) atoms. The summed E-state index contributed by atoms with van der Waals surface area (Å²) in [6, 6.07) is 19.6. The summed E-state index contributed by atoms with van der Waals surface area (Å²) < 4.78 is 17.3. The molecule has 0 bridgehead atoms. The highest BCUT2D eigenvalue weighted by molar-refractivity contribution is 9.10. The number of hydrazone groups is 1. The van der Waals surface area contributed by atoms with E-state index in [0.29, 0.717) is 45.1 Å². The number of hydrogen-bond donors (Lipinski definition) is 2. The van der Waals surface area contributed by atoms with Crippen LogP contribution in [0.25, 0.3) is 0 Å². The molecule has 0 heterocycles. The van der Waals surface area contributed by atoms with Gasteiger partial charge < -0.3 is 19.5 Å². The maximum Gasteiger partial charge on any atom is 0.249 e. The predicted octanol–water partition coefficient (Wildman–Crippen LogP) is 4.79. The zero-order valence-electron chi connectivity index (χ0n) is 20.3. The lowest BCUT2D eigenvalue weighted by molar-refractivity contribution is -0.126. The van der Waals surface area contributed by atoms with Crippen LogP contribution in [0.2, 0.25) is 0 Å². The highest BCUT2D eigenvalue weighted by Gasteiger charge is 2.13. The van der Waals surface area contributed by atoms with E-state index >= 15 is 0 Å². The molecule has 0 aromatic heterocycles. The number of ether oxygens (including phenoxy) is 3. The van der Waals surface area contributed by atoms with E-state index in [1.54, 1.807) is 48.5 Å². The third-order valence-electron chi connectivity index (χ3n) is 4.93. The Morgan fingerprint density at radius 1 is 1.08 bits per heavy atom. The Balaban J connectivity index is 1.55. The normalized spacial score (nSPS) is 10.4. The van der Waals surface area contributed by atoms with Gasteiger partial charge in [0.1, 0.15) is 18.8 Å². The average molecular weight is 565 g/mol. The molecule has 0 aliphatic carbocycles. The summed E-state index contributed by atoms with van der Waals surface area (Å²) in [5.74, 6) is 0.552. The average Bonchev–Trinajstić information content (AvgIpc) is 2.89. The van der Waals surface area contributed by atoms with Crippen molar-refractivity contribution in [1.82, 2.24) is 5.43 Å². The minimum atomic E-state index is -0.568. The Labute approximate surface area is 223 Å². The fourth-order valence-electron chi connectivity index (χ4n) is 3.23. The molecule has 3 rings (SSSR count). The van der Waals surface area contributed by atoms with E-state index in [0.717, 1.165) is 5.56 Å². The van der Waals surface area contributed by atoms with Crippen molar-refractivity contribution in [1.29, 1.82) is 5.26 Å². The number of methoxy groups -OCH3 is 1. The van der Waals surface area contributed by atoms with E-state index < -0.39 is 18.2 Å². The predicted molar refractivity (Wildman–Crippen MR) is 143 cm³/mol. The summed E-state index contributed by atoms with van der Waals surface area (Å²) in [7, 11) is 1.50. The Bertz CT molecular complexity index is 1320. The second-order valence-corrected chi connectivity index (χ2v) is 8.42. The van der Waals surface area contributed by atoms with Gasteiger partial charge in [0.25, 0.3) is 0 Å². The number of nitriles is 1. The SMILES string of the molecule is CCOc1ccc(NC(=O)CC(=O)NN=Cc2cc(Br)c(OCc3ccccc3C#N)c(OC)c2)cc1. The van der Waals surface area contributed by atoms with Gasteiger partial charge in [0, 0.05) is 11.3 Å². The number of halogens is 1. The third-order valence-corrected chi connectivity index (χ3v) is 5.52. The van der Waals surface area contributed by atoms with Gasteiger partial charge in [-0.2, -0.15) is 10.4 Å². The summed E-state index contributed by atoms with van der Waals surface area (Å²) in [6.45, 7) is 2.61. The number of rotatable bonds is 11. The first-order valence-corrected chi connectivity index (χ1v) is 12.1. The molecular formula is C27H25BrN4O5. The van der Waals surface area contributed by atoms with Crippen LogP contribution in [0.3, 0.4) is 0 Å². The van der Waals surface area contributed by atoms with Gasteiger partial charge >= 0.3 is 0 Å². The number of amides is 2. The molecule has 2 N–H and O–H groups in total. The first-order chi connectivity index (χ1) is 17.9. The largest absolute Gasteiger partial charge is 0.494 e. The number of anilines is 1. The van der Waals surface area contributed by atoms with Crippen molar-refractivity contribution in [2.45, 2.75) is 20.0 Å². The molecule has 0 spiro atoms. The Morgan fingerprint density at radius 3 is 2.54 bits per heavy atom. The first kappa shape index (κ1) is 27.2. The lowest BCUT2D eigenvalue weighted by Crippen LogP contribution is -2.24. The van der Waals surface area contributed by atoms with Crippen LogP contribution in [0.15, 0.2) is 70.2 Å². The molecule has 3 aromatic rings. The third kappa shape index (κ3) is 8.08. The van der Waals surface area contributed by atoms with Crippen LogP contribution < -0.4 is 25.0 Å². The van der Waals surface area contributed by atoms with Crippen LogP contribution >= 0.6 is 15.9 Å². The number of nitrogens with zero attached hydrogens (tertiary/aromatic N) is 2. The zero-order valence-corrected chi connectivity index (χ0v) is 21.9. The molecule has 0 aliphatic heterocycles. The molecule has 3 aromatic carbocycles. The topological polar surface area (TPSA) is 122 Å². The van der Waals surface area contributed by atoms with Crippen molar-refractivity contribution in [3.63, 3.8) is 0 Å². The van der Waals surface area contributed by atoms with Crippen molar-refractivity contribution in [3.8, 4) is 23.3 Å². The van der Waals surface area contributed by atoms with Gasteiger partial charge in [0.2, 0.25) is 11.8 Å². The van der Waals surface area contributed by atoms with E-state index in [1.165, 1.54) is 13.3 Å². The van der Waals surface area contributed by atoms with Crippen molar-refractivity contribution in [2.24, 2.45) is 5.10 Å². The summed E-state index contributed by atoms with van der Waals surface area (Å²) in [4.78, 5) is 24.2. The van der Waals surface area contributed by atoms with Crippen LogP contribution in [0.4, 0.5) is 5.69 Å². The highest BCUT2D eigenvalue weighted by atomic mass is 79.9. The summed E-state index contributed by atoms with van der Waals surface area (Å²) >= 11 is 3.47. The highest BCUT2D eigenvalue weighted by Crippen LogP contribution is 2.37. The van der Waals surface area contributed by atoms with Gasteiger partial charge in [-0.15, -0.1) is 0 Å². The van der Waals surface area contributed by atoms with Crippen molar-refractivity contribution >= 4 is 39.6 Å². The fraction of sp³-hybridized carbons (Fsp3) is 0.185. The number of carbonyl (C=O) groups excluding carboxylic acids is 2. The number of benzene rings is 3. The minimum Gasteiger partial charge on any atom is -0.494 e. The smallest absolute Gasteiger partial charge is 0.249 e.